The molecule has 146 valence electrons. The Hall–Kier alpha value is -0.410. The molecule has 2 heterocycles. The van der Waals surface area contributed by atoms with Gasteiger partial charge in [-0.3, -0.25) is 9.89 Å². The number of aryl methyl sites for hydroxylation is 1. The number of guanidine groups is 1. The van der Waals surface area contributed by atoms with E-state index in [-0.39, 0.29) is 24.0 Å². The molecule has 0 aromatic carbocycles. The van der Waals surface area contributed by atoms with Crippen molar-refractivity contribution in [3.63, 3.8) is 0 Å². The summed E-state index contributed by atoms with van der Waals surface area (Å²) >= 11 is 1.80. The second-order valence-corrected chi connectivity index (χ2v) is 8.94. The minimum atomic E-state index is 0. The van der Waals surface area contributed by atoms with Crippen LogP contribution in [0, 0.1) is 11.8 Å². The van der Waals surface area contributed by atoms with Gasteiger partial charge in [0, 0.05) is 50.3 Å². The Morgan fingerprint density at radius 1 is 1.27 bits per heavy atom. The van der Waals surface area contributed by atoms with Gasteiger partial charge in [-0.15, -0.1) is 35.3 Å². The summed E-state index contributed by atoms with van der Waals surface area (Å²) in [6, 6.07) is 0.874. The topological polar surface area (TPSA) is 43.8 Å². The van der Waals surface area contributed by atoms with Crippen LogP contribution in [-0.2, 0) is 13.0 Å². The average molecular weight is 489 g/mol. The predicted octanol–water partition coefficient (Wildman–Crippen LogP) is 3.21. The highest BCUT2D eigenvalue weighted by Gasteiger charge is 2.42. The minimum absolute atomic E-state index is 0. The highest BCUT2D eigenvalue weighted by molar-refractivity contribution is 14.0. The van der Waals surface area contributed by atoms with Crippen LogP contribution >= 0.6 is 35.3 Å². The number of nitrogens with zero attached hydrogens (tertiary/aromatic N) is 4. The zero-order valence-electron chi connectivity index (χ0n) is 16.0. The van der Waals surface area contributed by atoms with E-state index in [2.05, 4.69) is 32.0 Å². The Labute approximate surface area is 178 Å². The van der Waals surface area contributed by atoms with Crippen LogP contribution in [0.25, 0.3) is 0 Å². The molecule has 3 atom stereocenters. The second-order valence-electron chi connectivity index (χ2n) is 7.74. The molecule has 1 saturated heterocycles. The zero-order chi connectivity index (χ0) is 17.2. The third-order valence-corrected chi connectivity index (χ3v) is 7.48. The van der Waals surface area contributed by atoms with Crippen LogP contribution in [0.3, 0.4) is 0 Å². The minimum Gasteiger partial charge on any atom is -0.350 e. The van der Waals surface area contributed by atoms with E-state index in [1.807, 2.05) is 13.2 Å². The standard InChI is InChI=1S/C19H31N5S.HI/c1-3-16-12-21-18(25-16)13-22-19(20-2)24-8-6-23(7-9-24)17-11-14-4-5-15(17)10-14;/h12,14-15,17H,3-11,13H2,1-2H3,(H,20,22);1H. The van der Waals surface area contributed by atoms with Gasteiger partial charge in [0.05, 0.1) is 6.54 Å². The lowest BCUT2D eigenvalue weighted by Crippen LogP contribution is -2.55. The molecule has 4 rings (SSSR count). The predicted molar refractivity (Wildman–Crippen MR) is 119 cm³/mol. The highest BCUT2D eigenvalue weighted by Crippen LogP contribution is 2.46. The number of thiazole rings is 1. The number of halogens is 1. The lowest BCUT2D eigenvalue weighted by molar-refractivity contribution is 0.0958. The number of nitrogens with one attached hydrogen (secondary N) is 1. The molecule has 5 nitrogen and oxygen atoms in total. The van der Waals surface area contributed by atoms with Crippen molar-refractivity contribution in [2.45, 2.75) is 51.6 Å². The number of hydrogen-bond acceptors (Lipinski definition) is 4. The molecule has 3 fully saturated rings. The zero-order valence-corrected chi connectivity index (χ0v) is 19.1. The Bertz CT molecular complexity index is 611. The molecule has 1 N–H and O–H groups in total. The van der Waals surface area contributed by atoms with Crippen molar-refractivity contribution in [1.29, 1.82) is 0 Å². The number of piperazine rings is 1. The Morgan fingerprint density at radius 2 is 2.08 bits per heavy atom. The molecule has 0 amide bonds. The fraction of sp³-hybridized carbons (Fsp3) is 0.789. The summed E-state index contributed by atoms with van der Waals surface area (Å²) in [6.07, 6.45) is 9.00. The molecule has 26 heavy (non-hydrogen) atoms. The molecule has 1 aromatic rings. The van der Waals surface area contributed by atoms with Gasteiger partial charge in [0.15, 0.2) is 5.96 Å². The van der Waals surface area contributed by atoms with Gasteiger partial charge in [0.25, 0.3) is 0 Å². The van der Waals surface area contributed by atoms with Gasteiger partial charge < -0.3 is 10.2 Å². The molecule has 2 bridgehead atoms. The fourth-order valence-electron chi connectivity index (χ4n) is 5.00. The molecular weight excluding hydrogens is 457 g/mol. The highest BCUT2D eigenvalue weighted by atomic mass is 127. The smallest absolute Gasteiger partial charge is 0.194 e. The third kappa shape index (κ3) is 4.35. The maximum atomic E-state index is 4.50. The lowest BCUT2D eigenvalue weighted by atomic mass is 9.93. The van der Waals surface area contributed by atoms with Gasteiger partial charge in [-0.1, -0.05) is 13.3 Å². The Balaban J connectivity index is 0.00000196. The van der Waals surface area contributed by atoms with E-state index in [1.54, 1.807) is 11.3 Å². The molecule has 1 aliphatic heterocycles. The SMILES string of the molecule is CCc1cnc(CNC(=NC)N2CCN(C3CC4CCC3C4)CC2)s1.I. The summed E-state index contributed by atoms with van der Waals surface area (Å²) in [6.45, 7) is 7.51. The summed E-state index contributed by atoms with van der Waals surface area (Å²) in [4.78, 5) is 15.5. The van der Waals surface area contributed by atoms with E-state index in [0.29, 0.717) is 0 Å². The molecule has 2 saturated carbocycles. The first-order valence-electron chi connectivity index (χ1n) is 9.90. The van der Waals surface area contributed by atoms with Crippen LogP contribution in [0.1, 0.15) is 42.5 Å². The van der Waals surface area contributed by atoms with E-state index in [0.717, 1.165) is 54.9 Å². The van der Waals surface area contributed by atoms with Crippen molar-refractivity contribution in [2.75, 3.05) is 33.2 Å². The first-order chi connectivity index (χ1) is 12.3. The maximum absolute atomic E-state index is 4.50. The van der Waals surface area contributed by atoms with Gasteiger partial charge in [-0.25, -0.2) is 4.98 Å². The van der Waals surface area contributed by atoms with Gasteiger partial charge >= 0.3 is 0 Å². The van der Waals surface area contributed by atoms with Crippen molar-refractivity contribution in [2.24, 2.45) is 16.8 Å². The average Bonchev–Trinajstić information content (AvgIpc) is 3.39. The van der Waals surface area contributed by atoms with Crippen LogP contribution in [0.4, 0.5) is 0 Å². The molecule has 7 heteroatoms. The van der Waals surface area contributed by atoms with Crippen LogP contribution in [-0.4, -0.2) is 60.0 Å². The first-order valence-corrected chi connectivity index (χ1v) is 10.7. The maximum Gasteiger partial charge on any atom is 0.194 e. The molecular formula is C19H32IN5S. The molecule has 2 aliphatic carbocycles. The summed E-state index contributed by atoms with van der Waals surface area (Å²) < 4.78 is 0. The number of aliphatic imine (C=N–C) groups is 1. The second kappa shape index (κ2) is 9.19. The summed E-state index contributed by atoms with van der Waals surface area (Å²) in [7, 11) is 1.89. The van der Waals surface area contributed by atoms with Crippen molar-refractivity contribution >= 4 is 41.3 Å². The summed E-state index contributed by atoms with van der Waals surface area (Å²) in [5.74, 6) is 3.06. The Kier molecular flexibility index (Phi) is 7.18. The van der Waals surface area contributed by atoms with E-state index in [4.69, 9.17) is 0 Å². The van der Waals surface area contributed by atoms with Gasteiger partial charge in [-0.05, 0) is 37.5 Å². The van der Waals surface area contributed by atoms with Gasteiger partial charge in [0.2, 0.25) is 0 Å². The van der Waals surface area contributed by atoms with Crippen LogP contribution < -0.4 is 5.32 Å². The quantitative estimate of drug-likeness (QED) is 0.401. The number of hydrogen-bond donors (Lipinski definition) is 1. The van der Waals surface area contributed by atoms with Crippen molar-refractivity contribution in [3.8, 4) is 0 Å². The molecule has 3 unspecified atom stereocenters. The van der Waals surface area contributed by atoms with E-state index >= 15 is 0 Å². The van der Waals surface area contributed by atoms with E-state index in [1.165, 1.54) is 43.6 Å². The molecule has 3 aliphatic rings. The lowest BCUT2D eigenvalue weighted by Gasteiger charge is -2.41. The first kappa shape index (κ1) is 20.3. The van der Waals surface area contributed by atoms with Crippen LogP contribution in [0.2, 0.25) is 0 Å². The van der Waals surface area contributed by atoms with Crippen molar-refractivity contribution in [1.82, 2.24) is 20.1 Å². The Morgan fingerprint density at radius 3 is 2.65 bits per heavy atom. The van der Waals surface area contributed by atoms with Gasteiger partial charge in [-0.2, -0.15) is 0 Å². The van der Waals surface area contributed by atoms with E-state index < -0.39 is 0 Å². The van der Waals surface area contributed by atoms with Crippen LogP contribution in [0.15, 0.2) is 11.2 Å². The summed E-state index contributed by atoms with van der Waals surface area (Å²) in [5.41, 5.74) is 0. The number of aromatic nitrogens is 1. The molecule has 0 radical (unpaired) electrons. The van der Waals surface area contributed by atoms with Crippen LogP contribution in [0.5, 0.6) is 0 Å². The fourth-order valence-corrected chi connectivity index (χ4v) is 5.81. The molecule has 1 aromatic heterocycles. The number of rotatable bonds is 4. The summed E-state index contributed by atoms with van der Waals surface area (Å²) in [5, 5.41) is 4.66. The van der Waals surface area contributed by atoms with E-state index in [9.17, 15) is 0 Å². The van der Waals surface area contributed by atoms with Crippen molar-refractivity contribution < 1.29 is 0 Å². The normalized spacial score (nSPS) is 29.1. The third-order valence-electron chi connectivity index (χ3n) is 6.34. The number of fused-ring (bicyclic) bond motifs is 2. The monoisotopic (exact) mass is 489 g/mol. The largest absolute Gasteiger partial charge is 0.350 e. The molecule has 0 spiro atoms. The van der Waals surface area contributed by atoms with Crippen molar-refractivity contribution in [3.05, 3.63) is 16.1 Å². The van der Waals surface area contributed by atoms with Gasteiger partial charge in [0.1, 0.15) is 5.01 Å².